The molecule has 0 aliphatic heterocycles. The number of anilines is 2. The molecule has 0 fully saturated rings. The maximum Gasteiger partial charge on any atom is 0.226 e. The van der Waals surface area contributed by atoms with Crippen LogP contribution in [0.4, 0.5) is 10.8 Å². The van der Waals surface area contributed by atoms with Gasteiger partial charge in [0.1, 0.15) is 11.5 Å². The molecule has 4 aromatic rings. The van der Waals surface area contributed by atoms with Gasteiger partial charge in [-0.05, 0) is 29.7 Å². The normalized spacial score (nSPS) is 10.7. The summed E-state index contributed by atoms with van der Waals surface area (Å²) in [5, 5.41) is 8.90. The molecule has 0 aliphatic rings. The van der Waals surface area contributed by atoms with Gasteiger partial charge in [-0.15, -0.1) is 11.3 Å². The minimum absolute atomic E-state index is 0.0410. The molecule has 180 valence electrons. The average molecular weight is 488 g/mol. The number of carbonyl (C=O) groups excluding carboxylic acids is 1. The van der Waals surface area contributed by atoms with Crippen LogP contribution in [0.5, 0.6) is 11.5 Å². The van der Waals surface area contributed by atoms with Crippen molar-refractivity contribution >= 4 is 28.1 Å². The molecule has 0 atom stereocenters. The molecule has 1 heterocycles. The fraction of sp³-hybridized carbons (Fsp3) is 0.214. The van der Waals surface area contributed by atoms with Gasteiger partial charge >= 0.3 is 0 Å². The zero-order valence-corrected chi connectivity index (χ0v) is 20.7. The molecule has 7 heteroatoms. The molecule has 0 saturated carbocycles. The lowest BCUT2D eigenvalue weighted by atomic mass is 9.88. The van der Waals surface area contributed by atoms with E-state index in [0.717, 1.165) is 17.8 Å². The summed E-state index contributed by atoms with van der Waals surface area (Å²) in [6.07, 6.45) is 1.05. The molecule has 1 amide bonds. The summed E-state index contributed by atoms with van der Waals surface area (Å²) in [5.41, 5.74) is 3.97. The van der Waals surface area contributed by atoms with Crippen LogP contribution in [0.1, 0.15) is 29.2 Å². The number of ether oxygens (including phenoxy) is 2. The second-order valence-corrected chi connectivity index (χ2v) is 8.88. The van der Waals surface area contributed by atoms with Crippen LogP contribution in [-0.4, -0.2) is 31.7 Å². The van der Waals surface area contributed by atoms with Crippen molar-refractivity contribution in [1.82, 2.24) is 10.3 Å². The van der Waals surface area contributed by atoms with E-state index in [2.05, 4.69) is 64.1 Å². The summed E-state index contributed by atoms with van der Waals surface area (Å²) in [5.74, 6) is 1.59. The van der Waals surface area contributed by atoms with E-state index >= 15 is 0 Å². The molecule has 4 rings (SSSR count). The average Bonchev–Trinajstić information content (AvgIpc) is 3.34. The first kappa shape index (κ1) is 24.3. The second-order valence-electron chi connectivity index (χ2n) is 8.02. The Morgan fingerprint density at radius 1 is 0.943 bits per heavy atom. The third-order valence-electron chi connectivity index (χ3n) is 5.70. The van der Waals surface area contributed by atoms with Gasteiger partial charge in [-0.25, -0.2) is 4.98 Å². The van der Waals surface area contributed by atoms with Crippen molar-refractivity contribution in [2.24, 2.45) is 0 Å². The van der Waals surface area contributed by atoms with Crippen molar-refractivity contribution in [3.63, 3.8) is 0 Å². The van der Waals surface area contributed by atoms with E-state index in [0.29, 0.717) is 23.2 Å². The number of carbonyl (C=O) groups is 1. The van der Waals surface area contributed by atoms with Gasteiger partial charge in [0.2, 0.25) is 5.91 Å². The maximum atomic E-state index is 12.6. The highest BCUT2D eigenvalue weighted by Gasteiger charge is 2.15. The molecular weight excluding hydrogens is 458 g/mol. The Hall–Kier alpha value is -3.84. The number of hydrogen-bond donors (Lipinski definition) is 2. The first-order valence-electron chi connectivity index (χ1n) is 11.5. The predicted molar refractivity (Wildman–Crippen MR) is 141 cm³/mol. The molecule has 35 heavy (non-hydrogen) atoms. The number of hydrogen-bond acceptors (Lipinski definition) is 6. The minimum Gasteiger partial charge on any atom is -0.497 e. The smallest absolute Gasteiger partial charge is 0.226 e. The molecule has 0 bridgehead atoms. The van der Waals surface area contributed by atoms with E-state index in [1.165, 1.54) is 22.5 Å². The first-order valence-corrected chi connectivity index (χ1v) is 12.3. The monoisotopic (exact) mass is 487 g/mol. The van der Waals surface area contributed by atoms with Crippen LogP contribution in [-0.2, 0) is 11.2 Å². The number of methoxy groups -OCH3 is 2. The largest absolute Gasteiger partial charge is 0.497 e. The number of thiazole rings is 1. The highest BCUT2D eigenvalue weighted by molar-refractivity contribution is 7.13. The van der Waals surface area contributed by atoms with Gasteiger partial charge in [-0.2, -0.15) is 0 Å². The Morgan fingerprint density at radius 3 is 2.26 bits per heavy atom. The van der Waals surface area contributed by atoms with Gasteiger partial charge in [0.25, 0.3) is 0 Å². The van der Waals surface area contributed by atoms with E-state index in [4.69, 9.17) is 9.47 Å². The van der Waals surface area contributed by atoms with Gasteiger partial charge in [0.05, 0.1) is 32.0 Å². The molecule has 0 saturated heterocycles. The third kappa shape index (κ3) is 6.61. The van der Waals surface area contributed by atoms with Gasteiger partial charge in [0.15, 0.2) is 5.13 Å². The van der Waals surface area contributed by atoms with E-state index in [1.807, 2.05) is 35.7 Å². The summed E-state index contributed by atoms with van der Waals surface area (Å²) in [7, 11) is 3.23. The molecule has 6 nitrogen and oxygen atoms in total. The van der Waals surface area contributed by atoms with Crippen molar-refractivity contribution in [3.8, 4) is 11.5 Å². The molecule has 2 N–H and O–H groups in total. The molecular formula is C28H29N3O3S. The third-order valence-corrected chi connectivity index (χ3v) is 6.51. The lowest BCUT2D eigenvalue weighted by Gasteiger charge is -2.18. The summed E-state index contributed by atoms with van der Waals surface area (Å²) in [4.78, 5) is 17.2. The molecule has 0 aliphatic carbocycles. The van der Waals surface area contributed by atoms with Crippen LogP contribution >= 0.6 is 11.3 Å². The van der Waals surface area contributed by atoms with Gasteiger partial charge in [-0.1, -0.05) is 60.7 Å². The lowest BCUT2D eigenvalue weighted by Crippen LogP contribution is -2.27. The number of benzene rings is 3. The fourth-order valence-corrected chi connectivity index (χ4v) is 4.67. The number of aromatic nitrogens is 1. The van der Waals surface area contributed by atoms with Crippen molar-refractivity contribution in [3.05, 3.63) is 101 Å². The van der Waals surface area contributed by atoms with Crippen LogP contribution in [0, 0.1) is 0 Å². The van der Waals surface area contributed by atoms with Crippen LogP contribution in [0.25, 0.3) is 0 Å². The number of rotatable bonds is 11. The molecule has 0 spiro atoms. The number of nitrogens with one attached hydrogen (secondary N) is 2. The standard InChI is InChI=1S/C28H29N3O3S/c1-33-23-13-14-26(34-2)25(18-23)31-28-30-22(19-35-28)17-27(32)29-16-15-24(20-9-5-3-6-10-20)21-11-7-4-8-12-21/h3-14,18-19,24H,15-17H2,1-2H3,(H,29,32)(H,30,31). The quantitative estimate of drug-likeness (QED) is 0.280. The number of amides is 1. The van der Waals surface area contributed by atoms with Crippen molar-refractivity contribution in [2.45, 2.75) is 18.8 Å². The van der Waals surface area contributed by atoms with Crippen molar-refractivity contribution in [2.75, 3.05) is 26.1 Å². The SMILES string of the molecule is COc1ccc(OC)c(Nc2nc(CC(=O)NCCC(c3ccccc3)c3ccccc3)cs2)c1. The maximum absolute atomic E-state index is 12.6. The molecule has 0 unspecified atom stereocenters. The van der Waals surface area contributed by atoms with Crippen LogP contribution in [0.3, 0.4) is 0 Å². The highest BCUT2D eigenvalue weighted by Crippen LogP contribution is 2.32. The van der Waals surface area contributed by atoms with E-state index in [-0.39, 0.29) is 18.2 Å². The predicted octanol–water partition coefficient (Wildman–Crippen LogP) is 5.78. The second kappa shape index (κ2) is 12.0. The zero-order valence-electron chi connectivity index (χ0n) is 19.9. The van der Waals surface area contributed by atoms with Crippen molar-refractivity contribution in [1.29, 1.82) is 0 Å². The highest BCUT2D eigenvalue weighted by atomic mass is 32.1. The Labute approximate surface area is 210 Å². The zero-order chi connectivity index (χ0) is 24.5. The molecule has 0 radical (unpaired) electrons. The Bertz CT molecular complexity index is 1190. The van der Waals surface area contributed by atoms with Crippen molar-refractivity contribution < 1.29 is 14.3 Å². The summed E-state index contributed by atoms with van der Waals surface area (Å²) in [6.45, 7) is 0.587. The van der Waals surface area contributed by atoms with E-state index in [9.17, 15) is 4.79 Å². The lowest BCUT2D eigenvalue weighted by molar-refractivity contribution is -0.120. The Kier molecular flexibility index (Phi) is 8.35. The van der Waals surface area contributed by atoms with Gasteiger partial charge in [-0.3, -0.25) is 4.79 Å². The van der Waals surface area contributed by atoms with Gasteiger partial charge < -0.3 is 20.1 Å². The Morgan fingerprint density at radius 2 is 1.63 bits per heavy atom. The first-order chi connectivity index (χ1) is 17.2. The Balaban J connectivity index is 1.33. The van der Waals surface area contributed by atoms with E-state index in [1.54, 1.807) is 14.2 Å². The summed E-state index contributed by atoms with van der Waals surface area (Å²) in [6, 6.07) is 26.3. The number of nitrogens with zero attached hydrogens (tertiary/aromatic N) is 1. The minimum atomic E-state index is -0.0410. The summed E-state index contributed by atoms with van der Waals surface area (Å²) < 4.78 is 10.7. The van der Waals surface area contributed by atoms with Crippen LogP contribution < -0.4 is 20.1 Å². The topological polar surface area (TPSA) is 72.5 Å². The van der Waals surface area contributed by atoms with Crippen LogP contribution in [0.2, 0.25) is 0 Å². The summed E-state index contributed by atoms with van der Waals surface area (Å²) >= 11 is 1.44. The van der Waals surface area contributed by atoms with Gasteiger partial charge in [0, 0.05) is 23.9 Å². The fourth-order valence-electron chi connectivity index (χ4n) is 3.95. The van der Waals surface area contributed by atoms with E-state index < -0.39 is 0 Å². The van der Waals surface area contributed by atoms with Crippen LogP contribution in [0.15, 0.2) is 84.2 Å². The molecule has 1 aromatic heterocycles. The molecule has 3 aromatic carbocycles.